The molecule has 1 N–H and O–H groups in total. The van der Waals surface area contributed by atoms with Crippen LogP contribution in [-0.2, 0) is 0 Å². The van der Waals surface area contributed by atoms with Crippen molar-refractivity contribution in [1.29, 1.82) is 0 Å². The second kappa shape index (κ2) is 5.13. The van der Waals surface area contributed by atoms with Crippen LogP contribution in [0.3, 0.4) is 0 Å². The molecule has 0 atom stereocenters. The molecule has 76 valence electrons. The maximum Gasteiger partial charge on any atom is 0.141 e. The number of aliphatic hydroxyl groups is 1. The molecule has 0 unspecified atom stereocenters. The van der Waals surface area contributed by atoms with E-state index in [1.807, 2.05) is 13.0 Å². The van der Waals surface area contributed by atoms with Gasteiger partial charge < -0.3 is 5.11 Å². The zero-order chi connectivity index (χ0) is 10.6. The standard InChI is InChI=1S/C11H12ClFO/c1-2-8(7-14)5-9-3-4-11(13)10(12)6-9/h3-6,14H,2,7H2,1H3/b8-5-. The third-order valence-corrected chi connectivity index (χ3v) is 2.26. The average Bonchev–Trinajstić information content (AvgIpc) is 2.19. The highest BCUT2D eigenvalue weighted by Gasteiger charge is 1.99. The molecule has 0 fully saturated rings. The molecule has 1 nitrogen and oxygen atoms in total. The van der Waals surface area contributed by atoms with Crippen molar-refractivity contribution < 1.29 is 9.50 Å². The van der Waals surface area contributed by atoms with Crippen molar-refractivity contribution in [2.75, 3.05) is 6.61 Å². The smallest absolute Gasteiger partial charge is 0.141 e. The molecule has 0 amide bonds. The first kappa shape index (κ1) is 11.2. The lowest BCUT2D eigenvalue weighted by molar-refractivity contribution is 0.329. The minimum absolute atomic E-state index is 0.0193. The molecule has 1 rings (SSSR count). The number of aliphatic hydroxyl groups excluding tert-OH is 1. The number of benzene rings is 1. The van der Waals surface area contributed by atoms with E-state index < -0.39 is 5.82 Å². The zero-order valence-electron chi connectivity index (χ0n) is 7.93. The Morgan fingerprint density at radius 2 is 2.29 bits per heavy atom. The van der Waals surface area contributed by atoms with E-state index in [0.29, 0.717) is 0 Å². The molecule has 1 aromatic rings. The first-order valence-corrected chi connectivity index (χ1v) is 4.80. The third kappa shape index (κ3) is 2.82. The second-order valence-corrected chi connectivity index (χ2v) is 3.39. The molecule has 0 aliphatic heterocycles. The molecule has 3 heteroatoms. The van der Waals surface area contributed by atoms with E-state index in [4.69, 9.17) is 16.7 Å². The summed E-state index contributed by atoms with van der Waals surface area (Å²) in [6, 6.07) is 4.49. The van der Waals surface area contributed by atoms with Gasteiger partial charge in [0.25, 0.3) is 0 Å². The first-order valence-electron chi connectivity index (χ1n) is 4.42. The summed E-state index contributed by atoms with van der Waals surface area (Å²) >= 11 is 5.62. The Morgan fingerprint density at radius 1 is 1.57 bits per heavy atom. The minimum Gasteiger partial charge on any atom is -0.392 e. The highest BCUT2D eigenvalue weighted by Crippen LogP contribution is 2.18. The molecule has 1 aromatic carbocycles. The lowest BCUT2D eigenvalue weighted by atomic mass is 10.1. The van der Waals surface area contributed by atoms with E-state index in [9.17, 15) is 4.39 Å². The molecular weight excluding hydrogens is 203 g/mol. The van der Waals surface area contributed by atoms with Crippen molar-refractivity contribution >= 4 is 17.7 Å². The Hall–Kier alpha value is -0.860. The van der Waals surface area contributed by atoms with Gasteiger partial charge in [0.1, 0.15) is 5.82 Å². The van der Waals surface area contributed by atoms with Crippen LogP contribution in [0.2, 0.25) is 5.02 Å². The van der Waals surface area contributed by atoms with Gasteiger partial charge in [-0.2, -0.15) is 0 Å². The van der Waals surface area contributed by atoms with Crippen LogP contribution in [-0.4, -0.2) is 11.7 Å². The maximum absolute atomic E-state index is 12.8. The molecule has 0 heterocycles. The van der Waals surface area contributed by atoms with Crippen molar-refractivity contribution in [3.63, 3.8) is 0 Å². The lowest BCUT2D eigenvalue weighted by Crippen LogP contribution is -1.88. The molecule has 0 saturated carbocycles. The fourth-order valence-corrected chi connectivity index (χ4v) is 1.29. The van der Waals surface area contributed by atoms with Gasteiger partial charge in [-0.05, 0) is 29.7 Å². The van der Waals surface area contributed by atoms with Crippen molar-refractivity contribution in [2.45, 2.75) is 13.3 Å². The Kier molecular flexibility index (Phi) is 4.11. The fourth-order valence-electron chi connectivity index (χ4n) is 1.10. The van der Waals surface area contributed by atoms with Crippen molar-refractivity contribution in [1.82, 2.24) is 0 Å². The highest BCUT2D eigenvalue weighted by atomic mass is 35.5. The highest BCUT2D eigenvalue weighted by molar-refractivity contribution is 6.30. The number of halogens is 2. The average molecular weight is 215 g/mol. The monoisotopic (exact) mass is 214 g/mol. The van der Waals surface area contributed by atoms with Crippen molar-refractivity contribution in [3.05, 3.63) is 40.2 Å². The quantitative estimate of drug-likeness (QED) is 0.819. The molecule has 0 bridgehead atoms. The Balaban J connectivity index is 2.97. The van der Waals surface area contributed by atoms with Crippen LogP contribution in [0, 0.1) is 5.82 Å². The normalized spacial score (nSPS) is 11.9. The summed E-state index contributed by atoms with van der Waals surface area (Å²) < 4.78 is 12.8. The van der Waals surface area contributed by atoms with E-state index in [-0.39, 0.29) is 11.6 Å². The summed E-state index contributed by atoms with van der Waals surface area (Å²) in [5.74, 6) is -0.425. The molecule has 0 aliphatic rings. The Bertz CT molecular complexity index is 341. The lowest BCUT2D eigenvalue weighted by Gasteiger charge is -2.01. The Morgan fingerprint density at radius 3 is 2.79 bits per heavy atom. The molecule has 0 aliphatic carbocycles. The SMILES string of the molecule is CC/C(=C/c1ccc(F)c(Cl)c1)CO. The largest absolute Gasteiger partial charge is 0.392 e. The third-order valence-electron chi connectivity index (χ3n) is 1.97. The molecule has 0 spiro atoms. The van der Waals surface area contributed by atoms with Crippen LogP contribution in [0.15, 0.2) is 23.8 Å². The molecule has 0 radical (unpaired) electrons. The van der Waals surface area contributed by atoms with E-state index >= 15 is 0 Å². The predicted octanol–water partition coefficient (Wildman–Crippen LogP) is 3.26. The first-order chi connectivity index (χ1) is 6.67. The van der Waals surface area contributed by atoms with Gasteiger partial charge in [0.05, 0.1) is 11.6 Å². The van der Waals surface area contributed by atoms with Crippen LogP contribution in [0.4, 0.5) is 4.39 Å². The van der Waals surface area contributed by atoms with Gasteiger partial charge in [-0.25, -0.2) is 4.39 Å². The van der Waals surface area contributed by atoms with Crippen LogP contribution in [0.25, 0.3) is 6.08 Å². The molecular formula is C11H12ClFO. The van der Waals surface area contributed by atoms with Gasteiger partial charge in [0, 0.05) is 0 Å². The van der Waals surface area contributed by atoms with Gasteiger partial charge in [0.2, 0.25) is 0 Å². The van der Waals surface area contributed by atoms with Gasteiger partial charge >= 0.3 is 0 Å². The summed E-state index contributed by atoms with van der Waals surface area (Å²) in [5, 5.41) is 9.04. The number of hydrogen-bond donors (Lipinski definition) is 1. The predicted molar refractivity (Wildman–Crippen MR) is 56.8 cm³/mol. The summed E-state index contributed by atoms with van der Waals surface area (Å²) in [4.78, 5) is 0. The van der Waals surface area contributed by atoms with E-state index in [0.717, 1.165) is 17.6 Å². The summed E-state index contributed by atoms with van der Waals surface area (Å²) in [7, 11) is 0. The van der Waals surface area contributed by atoms with E-state index in [1.54, 1.807) is 12.1 Å². The topological polar surface area (TPSA) is 20.2 Å². The maximum atomic E-state index is 12.8. The number of rotatable bonds is 3. The van der Waals surface area contributed by atoms with Crippen LogP contribution in [0.5, 0.6) is 0 Å². The minimum atomic E-state index is -0.425. The molecule has 14 heavy (non-hydrogen) atoms. The van der Waals surface area contributed by atoms with Crippen LogP contribution in [0.1, 0.15) is 18.9 Å². The van der Waals surface area contributed by atoms with Crippen molar-refractivity contribution in [3.8, 4) is 0 Å². The van der Waals surface area contributed by atoms with Gasteiger partial charge in [-0.1, -0.05) is 30.7 Å². The number of hydrogen-bond acceptors (Lipinski definition) is 1. The molecule has 0 saturated heterocycles. The molecule has 0 aromatic heterocycles. The Labute approximate surface area is 87.8 Å². The summed E-state index contributed by atoms with van der Waals surface area (Å²) in [6.45, 7) is 1.97. The fraction of sp³-hybridized carbons (Fsp3) is 0.273. The van der Waals surface area contributed by atoms with Gasteiger partial charge in [-0.15, -0.1) is 0 Å². The van der Waals surface area contributed by atoms with Gasteiger partial charge in [0.15, 0.2) is 0 Å². The van der Waals surface area contributed by atoms with Gasteiger partial charge in [-0.3, -0.25) is 0 Å². The van der Waals surface area contributed by atoms with E-state index in [1.165, 1.54) is 6.07 Å². The van der Waals surface area contributed by atoms with Crippen LogP contribution < -0.4 is 0 Å². The summed E-state index contributed by atoms with van der Waals surface area (Å²) in [5.41, 5.74) is 1.70. The zero-order valence-corrected chi connectivity index (χ0v) is 8.68. The van der Waals surface area contributed by atoms with E-state index in [2.05, 4.69) is 0 Å². The summed E-state index contributed by atoms with van der Waals surface area (Å²) in [6.07, 6.45) is 2.58. The van der Waals surface area contributed by atoms with Crippen LogP contribution >= 0.6 is 11.6 Å². The van der Waals surface area contributed by atoms with Crippen molar-refractivity contribution in [2.24, 2.45) is 0 Å². The second-order valence-electron chi connectivity index (χ2n) is 2.99.